The topological polar surface area (TPSA) is 103 Å². The zero-order valence-electron chi connectivity index (χ0n) is 19.8. The Morgan fingerprint density at radius 3 is 2.59 bits per heavy atom. The minimum atomic E-state index is -0.202. The van der Waals surface area contributed by atoms with Crippen LogP contribution in [0.1, 0.15) is 22.8 Å². The largest absolute Gasteiger partial charge is 0.345 e. The molecule has 0 bridgehead atoms. The number of carbonyl (C=O) groups excluding carboxylic acids is 2. The molecule has 0 atom stereocenters. The SMILES string of the molecule is CCNCC(=O)Nc1ccc(-c2cnc3[nH]nc(-c4ccccc4C)c3c2)cc1C(=O)N(C)C. The van der Waals surface area contributed by atoms with Gasteiger partial charge in [-0.15, -0.1) is 0 Å². The Bertz CT molecular complexity index is 1360. The van der Waals surface area contributed by atoms with E-state index in [0.717, 1.165) is 33.3 Å². The molecule has 4 aromatic rings. The third-order valence-electron chi connectivity index (χ3n) is 5.62. The van der Waals surface area contributed by atoms with Gasteiger partial charge in [-0.3, -0.25) is 14.7 Å². The predicted molar refractivity (Wildman–Crippen MR) is 135 cm³/mol. The zero-order valence-corrected chi connectivity index (χ0v) is 19.8. The second-order valence-electron chi connectivity index (χ2n) is 8.30. The molecule has 0 saturated carbocycles. The van der Waals surface area contributed by atoms with Crippen molar-refractivity contribution in [3.63, 3.8) is 0 Å². The molecular weight excluding hydrogens is 428 g/mol. The van der Waals surface area contributed by atoms with Crippen molar-refractivity contribution in [1.29, 1.82) is 0 Å². The van der Waals surface area contributed by atoms with Crippen LogP contribution in [0.3, 0.4) is 0 Å². The van der Waals surface area contributed by atoms with E-state index in [2.05, 4.69) is 38.8 Å². The van der Waals surface area contributed by atoms with Gasteiger partial charge in [0.05, 0.1) is 17.8 Å². The van der Waals surface area contributed by atoms with Crippen molar-refractivity contribution < 1.29 is 9.59 Å². The number of likely N-dealkylation sites (N-methyl/N-ethyl adjacent to an activating group) is 1. The first-order chi connectivity index (χ1) is 16.4. The number of benzene rings is 2. The van der Waals surface area contributed by atoms with Crippen molar-refractivity contribution in [2.45, 2.75) is 13.8 Å². The third kappa shape index (κ3) is 4.67. The second kappa shape index (κ2) is 9.84. The number of aromatic nitrogens is 3. The van der Waals surface area contributed by atoms with E-state index in [0.29, 0.717) is 23.4 Å². The van der Waals surface area contributed by atoms with E-state index < -0.39 is 0 Å². The van der Waals surface area contributed by atoms with Crippen LogP contribution in [0, 0.1) is 6.92 Å². The van der Waals surface area contributed by atoms with Crippen LogP contribution < -0.4 is 10.6 Å². The number of rotatable bonds is 7. The molecule has 0 saturated heterocycles. The molecule has 2 heterocycles. The first-order valence-corrected chi connectivity index (χ1v) is 11.2. The van der Waals surface area contributed by atoms with Crippen LogP contribution in [-0.2, 0) is 4.79 Å². The predicted octanol–water partition coefficient (Wildman–Crippen LogP) is 3.85. The standard InChI is InChI=1S/C26H28N6O2/c1-5-27-15-23(33)29-22-11-10-17(12-20(22)26(34)32(3)4)18-13-21-24(30-31-25(21)28-14-18)19-9-7-6-8-16(19)2/h6-14,27H,5,15H2,1-4H3,(H,29,33)(H,28,30,31). The van der Waals surface area contributed by atoms with Gasteiger partial charge in [0.15, 0.2) is 5.65 Å². The van der Waals surface area contributed by atoms with Gasteiger partial charge >= 0.3 is 0 Å². The molecule has 2 aromatic carbocycles. The van der Waals surface area contributed by atoms with Gasteiger partial charge in [0, 0.05) is 36.8 Å². The monoisotopic (exact) mass is 456 g/mol. The van der Waals surface area contributed by atoms with Gasteiger partial charge in [0.25, 0.3) is 5.91 Å². The Balaban J connectivity index is 1.76. The molecule has 4 rings (SSSR count). The van der Waals surface area contributed by atoms with E-state index in [1.165, 1.54) is 4.90 Å². The van der Waals surface area contributed by atoms with Crippen molar-refractivity contribution in [1.82, 2.24) is 25.4 Å². The maximum Gasteiger partial charge on any atom is 0.255 e. The number of anilines is 1. The van der Waals surface area contributed by atoms with Crippen LogP contribution in [-0.4, -0.2) is 59.1 Å². The van der Waals surface area contributed by atoms with Crippen LogP contribution in [0.4, 0.5) is 5.69 Å². The van der Waals surface area contributed by atoms with Gasteiger partial charge in [-0.1, -0.05) is 37.3 Å². The zero-order chi connectivity index (χ0) is 24.2. The molecule has 3 N–H and O–H groups in total. The molecule has 0 unspecified atom stereocenters. The van der Waals surface area contributed by atoms with Crippen LogP contribution in [0.25, 0.3) is 33.4 Å². The molecule has 2 amide bonds. The Labute approximate surface area is 198 Å². The number of nitrogens with zero attached hydrogens (tertiary/aromatic N) is 3. The molecule has 8 heteroatoms. The highest BCUT2D eigenvalue weighted by atomic mass is 16.2. The Morgan fingerprint density at radius 2 is 1.85 bits per heavy atom. The molecule has 0 fully saturated rings. The highest BCUT2D eigenvalue weighted by molar-refractivity contribution is 6.05. The van der Waals surface area contributed by atoms with Crippen molar-refractivity contribution in [3.05, 3.63) is 65.9 Å². The Hall–Kier alpha value is -4.04. The van der Waals surface area contributed by atoms with Gasteiger partial charge in [-0.05, 0) is 42.8 Å². The number of fused-ring (bicyclic) bond motifs is 1. The molecule has 0 radical (unpaired) electrons. The Kier molecular flexibility index (Phi) is 6.70. The van der Waals surface area contributed by atoms with Crippen molar-refractivity contribution >= 4 is 28.5 Å². The summed E-state index contributed by atoms with van der Waals surface area (Å²) in [5, 5.41) is 14.2. The van der Waals surface area contributed by atoms with E-state index in [1.807, 2.05) is 37.3 Å². The number of hydrogen-bond donors (Lipinski definition) is 3. The van der Waals surface area contributed by atoms with Gasteiger partial charge in [0.1, 0.15) is 5.69 Å². The Morgan fingerprint density at radius 1 is 1.06 bits per heavy atom. The normalized spacial score (nSPS) is 10.9. The number of aromatic amines is 1. The number of pyridine rings is 1. The van der Waals surface area contributed by atoms with Crippen molar-refractivity contribution in [3.8, 4) is 22.4 Å². The lowest BCUT2D eigenvalue weighted by Gasteiger charge is -2.16. The summed E-state index contributed by atoms with van der Waals surface area (Å²) in [5.41, 5.74) is 6.25. The molecule has 0 spiro atoms. The quantitative estimate of drug-likeness (QED) is 0.392. The van der Waals surface area contributed by atoms with Crippen molar-refractivity contribution in [2.75, 3.05) is 32.5 Å². The maximum absolute atomic E-state index is 12.9. The smallest absolute Gasteiger partial charge is 0.255 e. The molecule has 2 aromatic heterocycles. The summed E-state index contributed by atoms with van der Waals surface area (Å²) >= 11 is 0. The average molecular weight is 457 g/mol. The number of hydrogen-bond acceptors (Lipinski definition) is 5. The van der Waals surface area contributed by atoms with Gasteiger partial charge < -0.3 is 15.5 Å². The molecule has 174 valence electrons. The number of carbonyl (C=O) groups is 2. The van der Waals surface area contributed by atoms with Crippen LogP contribution in [0.5, 0.6) is 0 Å². The summed E-state index contributed by atoms with van der Waals surface area (Å²) in [6.45, 7) is 4.84. The summed E-state index contributed by atoms with van der Waals surface area (Å²) < 4.78 is 0. The molecular formula is C26H28N6O2. The summed E-state index contributed by atoms with van der Waals surface area (Å²) in [6, 6.07) is 15.5. The lowest BCUT2D eigenvalue weighted by Crippen LogP contribution is -2.29. The number of aryl methyl sites for hydroxylation is 1. The lowest BCUT2D eigenvalue weighted by molar-refractivity contribution is -0.115. The first-order valence-electron chi connectivity index (χ1n) is 11.2. The summed E-state index contributed by atoms with van der Waals surface area (Å²) in [7, 11) is 3.37. The fourth-order valence-corrected chi connectivity index (χ4v) is 3.79. The van der Waals surface area contributed by atoms with Crippen LogP contribution in [0.15, 0.2) is 54.7 Å². The fraction of sp³-hybridized carbons (Fsp3) is 0.231. The summed E-state index contributed by atoms with van der Waals surface area (Å²) in [5.74, 6) is -0.398. The van der Waals surface area contributed by atoms with Crippen LogP contribution in [0.2, 0.25) is 0 Å². The lowest BCUT2D eigenvalue weighted by atomic mass is 9.99. The van der Waals surface area contributed by atoms with Gasteiger partial charge in [0.2, 0.25) is 5.91 Å². The summed E-state index contributed by atoms with van der Waals surface area (Å²) in [6.07, 6.45) is 1.75. The van der Waals surface area contributed by atoms with E-state index in [1.54, 1.807) is 32.4 Å². The van der Waals surface area contributed by atoms with E-state index in [9.17, 15) is 9.59 Å². The molecule has 0 aliphatic rings. The number of nitrogens with one attached hydrogen (secondary N) is 3. The first kappa shape index (κ1) is 23.1. The molecule has 0 aliphatic heterocycles. The second-order valence-corrected chi connectivity index (χ2v) is 8.30. The third-order valence-corrected chi connectivity index (χ3v) is 5.62. The van der Waals surface area contributed by atoms with Crippen LogP contribution >= 0.6 is 0 Å². The summed E-state index contributed by atoms with van der Waals surface area (Å²) in [4.78, 5) is 31.2. The highest BCUT2D eigenvalue weighted by Gasteiger charge is 2.18. The number of H-pyrrole nitrogens is 1. The molecule has 34 heavy (non-hydrogen) atoms. The fourth-order valence-electron chi connectivity index (χ4n) is 3.79. The minimum absolute atomic E-state index is 0.177. The van der Waals surface area contributed by atoms with E-state index >= 15 is 0 Å². The maximum atomic E-state index is 12.9. The molecule has 8 nitrogen and oxygen atoms in total. The average Bonchev–Trinajstić information content (AvgIpc) is 3.26. The van der Waals surface area contributed by atoms with E-state index in [4.69, 9.17) is 0 Å². The number of amides is 2. The molecule has 0 aliphatic carbocycles. The van der Waals surface area contributed by atoms with Gasteiger partial charge in [-0.25, -0.2) is 4.98 Å². The van der Waals surface area contributed by atoms with Gasteiger partial charge in [-0.2, -0.15) is 5.10 Å². The van der Waals surface area contributed by atoms with E-state index in [-0.39, 0.29) is 18.4 Å². The van der Waals surface area contributed by atoms with Crippen molar-refractivity contribution in [2.24, 2.45) is 0 Å². The minimum Gasteiger partial charge on any atom is -0.345 e. The highest BCUT2D eigenvalue weighted by Crippen LogP contribution is 2.32.